The number of nitrogens with zero attached hydrogens (tertiary/aromatic N) is 6. The van der Waals surface area contributed by atoms with Crippen LogP contribution in [0.5, 0.6) is 5.75 Å². The highest BCUT2D eigenvalue weighted by Gasteiger charge is 2.32. The van der Waals surface area contributed by atoms with Crippen molar-refractivity contribution < 1.29 is 9.15 Å². The molecule has 4 rings (SSSR count). The van der Waals surface area contributed by atoms with Crippen LogP contribution >= 0.6 is 0 Å². The van der Waals surface area contributed by atoms with Gasteiger partial charge in [-0.25, -0.2) is 4.68 Å². The molecule has 3 heterocycles. The molecule has 0 bridgehead atoms. The van der Waals surface area contributed by atoms with Gasteiger partial charge in [-0.2, -0.15) is 0 Å². The van der Waals surface area contributed by atoms with Crippen molar-refractivity contribution in [2.75, 3.05) is 38.2 Å². The minimum absolute atomic E-state index is 0.153. The summed E-state index contributed by atoms with van der Waals surface area (Å²) in [5.41, 5.74) is 1.15. The fourth-order valence-corrected chi connectivity index (χ4v) is 4.10. The van der Waals surface area contributed by atoms with Crippen molar-refractivity contribution in [3.8, 4) is 5.75 Å². The van der Waals surface area contributed by atoms with Crippen LogP contribution < -0.4 is 9.64 Å². The monoisotopic (exact) mass is 396 g/mol. The van der Waals surface area contributed by atoms with Gasteiger partial charge in [0.25, 0.3) is 0 Å². The zero-order valence-electron chi connectivity index (χ0n) is 17.2. The van der Waals surface area contributed by atoms with Crippen LogP contribution in [0.1, 0.15) is 31.5 Å². The van der Waals surface area contributed by atoms with Crippen LogP contribution in [-0.2, 0) is 6.54 Å². The average molecular weight is 396 g/mol. The molecule has 8 nitrogen and oxygen atoms in total. The SMILES string of the molecule is COc1ccccc1N1CCN(C(c2nnnn2Cc2ccco2)C(C)C)CC1. The summed E-state index contributed by atoms with van der Waals surface area (Å²) >= 11 is 0. The van der Waals surface area contributed by atoms with E-state index < -0.39 is 0 Å². The van der Waals surface area contributed by atoms with Crippen molar-refractivity contribution in [1.29, 1.82) is 0 Å². The van der Waals surface area contributed by atoms with E-state index in [4.69, 9.17) is 9.15 Å². The maximum Gasteiger partial charge on any atom is 0.169 e. The number of aromatic nitrogens is 4. The molecule has 2 aromatic heterocycles. The first-order chi connectivity index (χ1) is 14.2. The lowest BCUT2D eigenvalue weighted by Gasteiger charge is -2.41. The molecule has 1 aliphatic heterocycles. The third kappa shape index (κ3) is 4.12. The number of ether oxygens (including phenoxy) is 1. The Labute approximate surface area is 171 Å². The fraction of sp³-hybridized carbons (Fsp3) is 0.476. The molecule has 1 saturated heterocycles. The normalized spacial score (nSPS) is 16.3. The topological polar surface area (TPSA) is 72.5 Å². The van der Waals surface area contributed by atoms with Crippen LogP contribution in [0.3, 0.4) is 0 Å². The van der Waals surface area contributed by atoms with Gasteiger partial charge < -0.3 is 14.1 Å². The van der Waals surface area contributed by atoms with Crippen LogP contribution in [0, 0.1) is 5.92 Å². The standard InChI is InChI=1S/C21H28N6O2/c1-16(2)20(21-22-23-24-27(21)15-17-7-6-14-29-17)26-12-10-25(11-13-26)18-8-4-5-9-19(18)28-3/h4-9,14,16,20H,10-13,15H2,1-3H3. The van der Waals surface area contributed by atoms with Gasteiger partial charge in [0.1, 0.15) is 18.1 Å². The van der Waals surface area contributed by atoms with Gasteiger partial charge in [0.2, 0.25) is 0 Å². The van der Waals surface area contributed by atoms with Crippen LogP contribution in [0.15, 0.2) is 47.1 Å². The number of benzene rings is 1. The van der Waals surface area contributed by atoms with E-state index in [9.17, 15) is 0 Å². The minimum Gasteiger partial charge on any atom is -0.495 e. The molecule has 1 unspecified atom stereocenters. The van der Waals surface area contributed by atoms with E-state index in [-0.39, 0.29) is 6.04 Å². The third-order valence-corrected chi connectivity index (χ3v) is 5.47. The summed E-state index contributed by atoms with van der Waals surface area (Å²) in [7, 11) is 1.72. The Hall–Kier alpha value is -2.87. The Morgan fingerprint density at radius 2 is 1.86 bits per heavy atom. The fourth-order valence-electron chi connectivity index (χ4n) is 4.10. The number of para-hydroxylation sites is 2. The summed E-state index contributed by atoms with van der Waals surface area (Å²) < 4.78 is 12.9. The number of piperazine rings is 1. The van der Waals surface area contributed by atoms with Gasteiger partial charge in [0, 0.05) is 26.2 Å². The number of rotatable bonds is 7. The Kier molecular flexibility index (Phi) is 5.80. The van der Waals surface area contributed by atoms with Crippen molar-refractivity contribution in [2.24, 2.45) is 5.92 Å². The van der Waals surface area contributed by atoms with E-state index >= 15 is 0 Å². The Morgan fingerprint density at radius 3 is 2.55 bits per heavy atom. The van der Waals surface area contributed by atoms with Crippen LogP contribution in [0.25, 0.3) is 0 Å². The molecule has 154 valence electrons. The smallest absolute Gasteiger partial charge is 0.169 e. The summed E-state index contributed by atoms with van der Waals surface area (Å²) in [5.74, 6) is 3.04. The lowest BCUT2D eigenvalue weighted by Crippen LogP contribution is -2.49. The zero-order chi connectivity index (χ0) is 20.2. The molecule has 0 N–H and O–H groups in total. The molecule has 1 aliphatic rings. The molecule has 1 fully saturated rings. The highest BCUT2D eigenvalue weighted by Crippen LogP contribution is 2.32. The molecule has 1 atom stereocenters. The lowest BCUT2D eigenvalue weighted by atomic mass is 10.0. The maximum atomic E-state index is 5.54. The molecule has 1 aromatic carbocycles. The zero-order valence-corrected chi connectivity index (χ0v) is 17.2. The Balaban J connectivity index is 1.49. The molecule has 0 saturated carbocycles. The van der Waals surface area contributed by atoms with Crippen molar-refractivity contribution >= 4 is 5.69 Å². The van der Waals surface area contributed by atoms with E-state index in [1.807, 2.05) is 28.9 Å². The van der Waals surface area contributed by atoms with Crippen molar-refractivity contribution in [1.82, 2.24) is 25.1 Å². The first-order valence-electron chi connectivity index (χ1n) is 10.1. The van der Waals surface area contributed by atoms with Crippen molar-refractivity contribution in [3.63, 3.8) is 0 Å². The average Bonchev–Trinajstić information content (AvgIpc) is 3.41. The first-order valence-corrected chi connectivity index (χ1v) is 10.1. The summed E-state index contributed by atoms with van der Waals surface area (Å²) in [6, 6.07) is 12.2. The van der Waals surface area contributed by atoms with E-state index in [0.717, 1.165) is 49.2 Å². The second kappa shape index (κ2) is 8.65. The van der Waals surface area contributed by atoms with Gasteiger partial charge in [-0.15, -0.1) is 5.10 Å². The number of furan rings is 1. The largest absolute Gasteiger partial charge is 0.495 e. The number of anilines is 1. The van der Waals surface area contributed by atoms with E-state index in [1.165, 1.54) is 0 Å². The second-order valence-corrected chi connectivity index (χ2v) is 7.66. The summed E-state index contributed by atoms with van der Waals surface area (Å²) in [5, 5.41) is 12.6. The van der Waals surface area contributed by atoms with E-state index in [1.54, 1.807) is 13.4 Å². The predicted octanol–water partition coefficient (Wildman–Crippen LogP) is 2.84. The Bertz CT molecular complexity index is 900. The maximum absolute atomic E-state index is 5.54. The van der Waals surface area contributed by atoms with Crippen LogP contribution in [0.4, 0.5) is 5.69 Å². The predicted molar refractivity (Wildman–Crippen MR) is 110 cm³/mol. The van der Waals surface area contributed by atoms with E-state index in [0.29, 0.717) is 12.5 Å². The molecule has 0 spiro atoms. The third-order valence-electron chi connectivity index (χ3n) is 5.47. The molecule has 8 heteroatoms. The van der Waals surface area contributed by atoms with Gasteiger partial charge >= 0.3 is 0 Å². The molecule has 0 amide bonds. The van der Waals surface area contributed by atoms with Crippen LogP contribution in [0.2, 0.25) is 0 Å². The van der Waals surface area contributed by atoms with Crippen LogP contribution in [-0.4, -0.2) is 58.4 Å². The molecule has 0 aliphatic carbocycles. The molecule has 29 heavy (non-hydrogen) atoms. The summed E-state index contributed by atoms with van der Waals surface area (Å²) in [6.45, 7) is 8.74. The summed E-state index contributed by atoms with van der Waals surface area (Å²) in [6.07, 6.45) is 1.68. The lowest BCUT2D eigenvalue weighted by molar-refractivity contribution is 0.135. The molecule has 0 radical (unpaired) electrons. The quantitative estimate of drug-likeness (QED) is 0.608. The van der Waals surface area contributed by atoms with Gasteiger partial charge in [-0.3, -0.25) is 4.90 Å². The molecular formula is C21H28N6O2. The highest BCUT2D eigenvalue weighted by molar-refractivity contribution is 5.58. The number of tetrazole rings is 1. The number of methoxy groups -OCH3 is 1. The van der Waals surface area contributed by atoms with Gasteiger partial charge in [0.15, 0.2) is 5.82 Å². The van der Waals surface area contributed by atoms with E-state index in [2.05, 4.69) is 51.3 Å². The number of hydrogen-bond donors (Lipinski definition) is 0. The molecular weight excluding hydrogens is 368 g/mol. The summed E-state index contributed by atoms with van der Waals surface area (Å²) in [4.78, 5) is 4.87. The van der Waals surface area contributed by atoms with Crippen molar-refractivity contribution in [3.05, 3.63) is 54.2 Å². The van der Waals surface area contributed by atoms with Crippen molar-refractivity contribution in [2.45, 2.75) is 26.4 Å². The van der Waals surface area contributed by atoms with Gasteiger partial charge in [-0.1, -0.05) is 26.0 Å². The Morgan fingerprint density at radius 1 is 1.07 bits per heavy atom. The van der Waals surface area contributed by atoms with Gasteiger partial charge in [0.05, 0.1) is 25.1 Å². The first kappa shape index (κ1) is 19.4. The number of hydrogen-bond acceptors (Lipinski definition) is 7. The van der Waals surface area contributed by atoms with Gasteiger partial charge in [-0.05, 0) is 40.6 Å². The molecule has 3 aromatic rings. The second-order valence-electron chi connectivity index (χ2n) is 7.66. The highest BCUT2D eigenvalue weighted by atomic mass is 16.5. The minimum atomic E-state index is 0.153.